The van der Waals surface area contributed by atoms with Crippen LogP contribution < -0.4 is 5.56 Å². The van der Waals surface area contributed by atoms with E-state index in [0.717, 1.165) is 50.6 Å². The zero-order chi connectivity index (χ0) is 18.3. The summed E-state index contributed by atoms with van der Waals surface area (Å²) in [6, 6.07) is 3.17. The van der Waals surface area contributed by atoms with Crippen LogP contribution in [-0.4, -0.2) is 36.4 Å². The molecule has 0 radical (unpaired) electrons. The van der Waals surface area contributed by atoms with Crippen molar-refractivity contribution in [1.29, 1.82) is 0 Å². The number of hydrogen-bond acceptors (Lipinski definition) is 4. The van der Waals surface area contributed by atoms with Crippen LogP contribution in [0.5, 0.6) is 0 Å². The van der Waals surface area contributed by atoms with Crippen molar-refractivity contribution in [3.05, 3.63) is 45.1 Å². The summed E-state index contributed by atoms with van der Waals surface area (Å²) in [5.74, 6) is -0.107. The molecule has 2 aromatic rings. The topological polar surface area (TPSA) is 73.0 Å². The van der Waals surface area contributed by atoms with Crippen LogP contribution in [0.4, 0.5) is 0 Å². The summed E-state index contributed by atoms with van der Waals surface area (Å²) in [6.45, 7) is 0.525. The normalized spacial score (nSPS) is 16.8. The average Bonchev–Trinajstić information content (AvgIpc) is 3.35. The molecule has 0 N–H and O–H groups in total. The molecule has 1 amide bonds. The molecule has 7 heteroatoms. The maximum absolute atomic E-state index is 13.2. The molecule has 2 aromatic heterocycles. The second-order valence-corrected chi connectivity index (χ2v) is 7.40. The van der Waals surface area contributed by atoms with Gasteiger partial charge in [-0.15, -0.1) is 0 Å². The number of carbonyl (C=O) groups excluding carboxylic acids is 1. The van der Waals surface area contributed by atoms with E-state index in [-0.39, 0.29) is 17.5 Å². The van der Waals surface area contributed by atoms with E-state index < -0.39 is 0 Å². The third-order valence-corrected chi connectivity index (χ3v) is 5.72. The Balaban J connectivity index is 1.66. The Morgan fingerprint density at radius 2 is 1.88 bits per heavy atom. The number of hydrogen-bond donors (Lipinski definition) is 0. The van der Waals surface area contributed by atoms with Gasteiger partial charge in [0.2, 0.25) is 0 Å². The number of aryl methyl sites for hydroxylation is 2. The van der Waals surface area contributed by atoms with E-state index in [1.54, 1.807) is 7.05 Å². The van der Waals surface area contributed by atoms with Crippen molar-refractivity contribution in [2.75, 3.05) is 0 Å². The van der Waals surface area contributed by atoms with Gasteiger partial charge in [-0.25, -0.2) is 4.68 Å². The van der Waals surface area contributed by atoms with Gasteiger partial charge in [0.05, 0.1) is 12.2 Å². The number of rotatable bonds is 4. The van der Waals surface area contributed by atoms with Gasteiger partial charge in [0.15, 0.2) is 0 Å². The number of nitrogens with zero attached hydrogens (tertiary/aromatic N) is 5. The smallest absolute Gasteiger partial charge is 0.274 e. The number of amides is 1. The van der Waals surface area contributed by atoms with Gasteiger partial charge in [-0.05, 0) is 43.7 Å². The molecule has 0 bridgehead atoms. The highest BCUT2D eigenvalue weighted by atomic mass is 16.2. The molecular weight excluding hydrogens is 330 g/mol. The fourth-order valence-corrected chi connectivity index (χ4v) is 4.33. The van der Waals surface area contributed by atoms with Crippen molar-refractivity contribution in [1.82, 2.24) is 24.5 Å². The summed E-state index contributed by atoms with van der Waals surface area (Å²) < 4.78 is 3.19. The van der Waals surface area contributed by atoms with Crippen LogP contribution in [0.3, 0.4) is 0 Å². The number of carbonyl (C=O) groups is 1. The maximum Gasteiger partial charge on any atom is 0.274 e. The van der Waals surface area contributed by atoms with Gasteiger partial charge in [-0.2, -0.15) is 10.2 Å². The zero-order valence-electron chi connectivity index (χ0n) is 15.4. The Hall–Kier alpha value is -2.44. The van der Waals surface area contributed by atoms with Crippen LogP contribution in [0.1, 0.15) is 59.5 Å². The van der Waals surface area contributed by atoms with E-state index in [2.05, 4.69) is 5.10 Å². The summed E-state index contributed by atoms with van der Waals surface area (Å²) in [7, 11) is 3.56. The van der Waals surface area contributed by atoms with Gasteiger partial charge in [-0.1, -0.05) is 12.8 Å². The minimum Gasteiger partial charge on any atom is -0.328 e. The molecule has 4 rings (SSSR count). The van der Waals surface area contributed by atoms with E-state index in [1.165, 1.54) is 28.1 Å². The summed E-state index contributed by atoms with van der Waals surface area (Å²) in [5.41, 5.74) is 3.75. The predicted molar refractivity (Wildman–Crippen MR) is 96.8 cm³/mol. The minimum absolute atomic E-state index is 0.107. The third kappa shape index (κ3) is 2.95. The number of fused-ring (bicyclic) bond motifs is 1. The van der Waals surface area contributed by atoms with Crippen molar-refractivity contribution >= 4 is 5.91 Å². The zero-order valence-corrected chi connectivity index (χ0v) is 15.4. The van der Waals surface area contributed by atoms with Crippen molar-refractivity contribution in [2.24, 2.45) is 14.1 Å². The lowest BCUT2D eigenvalue weighted by atomic mass is 10.1. The molecule has 7 nitrogen and oxygen atoms in total. The number of aromatic nitrogens is 4. The Bertz CT molecular complexity index is 892. The van der Waals surface area contributed by atoms with Gasteiger partial charge in [-0.3, -0.25) is 14.3 Å². The molecule has 0 saturated heterocycles. The fourth-order valence-electron chi connectivity index (χ4n) is 4.33. The SMILES string of the molecule is Cn1nc(CN(C(=O)c2ccc(=O)n(C)n2)C2CCCC2)c2c1CCC2. The van der Waals surface area contributed by atoms with Gasteiger partial charge in [0, 0.05) is 31.9 Å². The molecule has 0 aliphatic heterocycles. The Morgan fingerprint density at radius 1 is 1.12 bits per heavy atom. The summed E-state index contributed by atoms with van der Waals surface area (Å²) in [4.78, 5) is 26.8. The highest BCUT2D eigenvalue weighted by Crippen LogP contribution is 2.29. The van der Waals surface area contributed by atoms with E-state index in [9.17, 15) is 9.59 Å². The predicted octanol–water partition coefficient (Wildman–Crippen LogP) is 1.59. The first-order chi connectivity index (χ1) is 12.5. The molecule has 26 heavy (non-hydrogen) atoms. The first-order valence-corrected chi connectivity index (χ1v) is 9.43. The minimum atomic E-state index is -0.212. The molecule has 0 atom stereocenters. The Labute approximate surface area is 152 Å². The lowest BCUT2D eigenvalue weighted by molar-refractivity contribution is 0.0652. The van der Waals surface area contributed by atoms with Crippen LogP contribution >= 0.6 is 0 Å². The fraction of sp³-hybridized carbons (Fsp3) is 0.579. The monoisotopic (exact) mass is 355 g/mol. The van der Waals surface area contributed by atoms with Gasteiger partial charge in [0.25, 0.3) is 11.5 Å². The van der Waals surface area contributed by atoms with E-state index >= 15 is 0 Å². The van der Waals surface area contributed by atoms with Crippen LogP contribution in [-0.2, 0) is 33.5 Å². The van der Waals surface area contributed by atoms with E-state index in [0.29, 0.717) is 12.2 Å². The van der Waals surface area contributed by atoms with Crippen molar-refractivity contribution in [3.8, 4) is 0 Å². The van der Waals surface area contributed by atoms with Crippen LogP contribution in [0.25, 0.3) is 0 Å². The molecule has 2 aliphatic rings. The van der Waals surface area contributed by atoms with Gasteiger partial charge in [0.1, 0.15) is 5.69 Å². The highest BCUT2D eigenvalue weighted by Gasteiger charge is 2.31. The molecule has 138 valence electrons. The molecular formula is C19H25N5O2. The highest BCUT2D eigenvalue weighted by molar-refractivity contribution is 5.92. The quantitative estimate of drug-likeness (QED) is 0.835. The molecule has 0 unspecified atom stereocenters. The Kier molecular flexibility index (Phi) is 4.38. The molecule has 2 aliphatic carbocycles. The summed E-state index contributed by atoms with van der Waals surface area (Å²) in [6.07, 6.45) is 7.61. The molecule has 0 spiro atoms. The lowest BCUT2D eigenvalue weighted by Crippen LogP contribution is -2.40. The summed E-state index contributed by atoms with van der Waals surface area (Å²) >= 11 is 0. The standard InChI is InChI=1S/C19H25N5O2/c1-22-17-9-5-8-14(17)16(21-22)12-24(13-6-3-4-7-13)19(26)15-10-11-18(25)23(2)20-15/h10-11,13H,3-9,12H2,1-2H3. The van der Waals surface area contributed by atoms with Crippen LogP contribution in [0.15, 0.2) is 16.9 Å². The van der Waals surface area contributed by atoms with Crippen LogP contribution in [0.2, 0.25) is 0 Å². The third-order valence-electron chi connectivity index (χ3n) is 5.72. The first-order valence-electron chi connectivity index (χ1n) is 9.43. The molecule has 0 aromatic carbocycles. The lowest BCUT2D eigenvalue weighted by Gasteiger charge is -2.28. The van der Waals surface area contributed by atoms with E-state index in [4.69, 9.17) is 5.10 Å². The summed E-state index contributed by atoms with van der Waals surface area (Å²) in [5, 5.41) is 8.87. The molecule has 2 heterocycles. The van der Waals surface area contributed by atoms with Gasteiger partial charge >= 0.3 is 0 Å². The average molecular weight is 355 g/mol. The van der Waals surface area contributed by atoms with E-state index in [1.807, 2.05) is 16.6 Å². The van der Waals surface area contributed by atoms with Crippen molar-refractivity contribution in [2.45, 2.75) is 57.5 Å². The molecule has 1 saturated carbocycles. The molecule has 1 fully saturated rings. The first kappa shape index (κ1) is 17.0. The maximum atomic E-state index is 13.2. The largest absolute Gasteiger partial charge is 0.328 e. The Morgan fingerprint density at radius 3 is 2.62 bits per heavy atom. The van der Waals surface area contributed by atoms with Crippen LogP contribution in [0, 0.1) is 0 Å². The van der Waals surface area contributed by atoms with Gasteiger partial charge < -0.3 is 4.90 Å². The second-order valence-electron chi connectivity index (χ2n) is 7.40. The van der Waals surface area contributed by atoms with Crippen molar-refractivity contribution in [3.63, 3.8) is 0 Å². The van der Waals surface area contributed by atoms with Crippen molar-refractivity contribution < 1.29 is 4.79 Å². The second kappa shape index (κ2) is 6.70.